The molecule has 9 heteroatoms. The van der Waals surface area contributed by atoms with Crippen LogP contribution in [0.3, 0.4) is 0 Å². The van der Waals surface area contributed by atoms with E-state index >= 15 is 0 Å². The molecule has 0 heterocycles. The molecule has 0 fully saturated rings. The zero-order chi connectivity index (χ0) is 16.7. The Balaban J connectivity index is 0. The molecule has 0 aromatic carbocycles. The Hall–Kier alpha value is -1.22. The molecule has 4 nitrogen and oxygen atoms in total. The summed E-state index contributed by atoms with van der Waals surface area (Å²) in [6, 6.07) is 0. The van der Waals surface area contributed by atoms with Gasteiger partial charge in [0.05, 0.1) is 18.6 Å². The number of carboxylic acid groups (broad SMARTS) is 1. The Morgan fingerprint density at radius 2 is 1.60 bits per heavy atom. The first-order valence-electron chi connectivity index (χ1n) is 5.38. The van der Waals surface area contributed by atoms with Crippen LogP contribution in [0.15, 0.2) is 11.6 Å². The van der Waals surface area contributed by atoms with Crippen molar-refractivity contribution in [1.29, 1.82) is 0 Å². The van der Waals surface area contributed by atoms with Crippen LogP contribution in [0.4, 0.5) is 22.0 Å². The van der Waals surface area contributed by atoms with Crippen molar-refractivity contribution in [1.82, 2.24) is 0 Å². The van der Waals surface area contributed by atoms with E-state index in [0.29, 0.717) is 6.92 Å². The predicted octanol–water partition coefficient (Wildman–Crippen LogP) is 2.21. The van der Waals surface area contributed by atoms with E-state index < -0.39 is 36.7 Å². The number of rotatable bonds is 4. The molecule has 0 saturated heterocycles. The van der Waals surface area contributed by atoms with E-state index in [-0.39, 0.29) is 0 Å². The minimum absolute atomic E-state index is 0.522. The Labute approximate surface area is 112 Å². The van der Waals surface area contributed by atoms with Gasteiger partial charge in [-0.1, -0.05) is 12.5 Å². The van der Waals surface area contributed by atoms with Gasteiger partial charge in [0.1, 0.15) is 0 Å². The number of aliphatic hydroxyl groups is 2. The molecule has 2 atom stereocenters. The molecule has 20 heavy (non-hydrogen) atoms. The van der Waals surface area contributed by atoms with Gasteiger partial charge in [0.25, 0.3) is 0 Å². The normalized spacial score (nSPS) is 14.7. The van der Waals surface area contributed by atoms with Crippen LogP contribution in [-0.4, -0.2) is 46.1 Å². The lowest BCUT2D eigenvalue weighted by Gasteiger charge is -2.28. The first kappa shape index (κ1) is 21.1. The van der Waals surface area contributed by atoms with Gasteiger partial charge in [-0.2, -0.15) is 22.0 Å². The third-order valence-electron chi connectivity index (χ3n) is 2.13. The van der Waals surface area contributed by atoms with Gasteiger partial charge in [-0.15, -0.1) is 0 Å². The van der Waals surface area contributed by atoms with Gasteiger partial charge in [-0.3, -0.25) is 0 Å². The average Bonchev–Trinajstić information content (AvgIpc) is 2.24. The summed E-state index contributed by atoms with van der Waals surface area (Å²) >= 11 is 0. The first-order chi connectivity index (χ1) is 8.77. The number of carboxylic acids is 1. The molecule has 0 amide bonds. The van der Waals surface area contributed by atoms with Gasteiger partial charge < -0.3 is 15.3 Å². The van der Waals surface area contributed by atoms with Gasteiger partial charge in [0, 0.05) is 6.08 Å². The van der Waals surface area contributed by atoms with Crippen molar-refractivity contribution in [3.63, 3.8) is 0 Å². The Kier molecular flexibility index (Phi) is 8.60. The Bertz CT molecular complexity index is 334. The van der Waals surface area contributed by atoms with E-state index in [0.717, 1.165) is 5.57 Å². The number of allylic oxidation sites excluding steroid dienone is 1. The number of aliphatic hydroxyl groups excluding tert-OH is 2. The van der Waals surface area contributed by atoms with Gasteiger partial charge in [-0.05, 0) is 13.8 Å². The maximum Gasteiger partial charge on any atom is 0.453 e. The number of alkyl halides is 5. The number of aliphatic carboxylic acids is 1. The maximum absolute atomic E-state index is 12.4. The lowest BCUT2D eigenvalue weighted by molar-refractivity contribution is -0.310. The van der Waals surface area contributed by atoms with Crippen molar-refractivity contribution < 1.29 is 42.1 Å². The van der Waals surface area contributed by atoms with E-state index in [1.165, 1.54) is 6.08 Å². The number of halogens is 5. The number of hydrogen-bond acceptors (Lipinski definition) is 3. The lowest BCUT2D eigenvalue weighted by atomic mass is 9.97. The molecule has 2 unspecified atom stereocenters. The van der Waals surface area contributed by atoms with Gasteiger partial charge >= 0.3 is 18.1 Å². The van der Waals surface area contributed by atoms with Crippen molar-refractivity contribution in [3.8, 4) is 0 Å². The summed E-state index contributed by atoms with van der Waals surface area (Å²) in [4.78, 5) is 9.73. The van der Waals surface area contributed by atoms with Crippen LogP contribution in [0.1, 0.15) is 20.8 Å². The molecule has 0 aromatic rings. The summed E-state index contributed by atoms with van der Waals surface area (Å²) in [7, 11) is 0. The minimum atomic E-state index is -5.71. The molecule has 0 aliphatic heterocycles. The second kappa shape index (κ2) is 8.15. The fraction of sp³-hybridized carbons (Fsp3) is 0.727. The Morgan fingerprint density at radius 1 is 1.20 bits per heavy atom. The highest BCUT2D eigenvalue weighted by molar-refractivity contribution is 5.80. The van der Waals surface area contributed by atoms with Gasteiger partial charge in [0.15, 0.2) is 0 Å². The topological polar surface area (TPSA) is 77.8 Å². The minimum Gasteiger partial charge on any atom is -0.478 e. The predicted molar refractivity (Wildman–Crippen MR) is 60.3 cm³/mol. The number of hydrogen-bond donors (Lipinski definition) is 3. The SMILES string of the molecule is CC(C(O)CO)C(F)(F)C(F)(F)F.CC(C)=CC(=O)O. The van der Waals surface area contributed by atoms with Crippen molar-refractivity contribution in [2.75, 3.05) is 6.61 Å². The molecule has 0 aliphatic carbocycles. The van der Waals surface area contributed by atoms with Crippen LogP contribution >= 0.6 is 0 Å². The Morgan fingerprint density at radius 3 is 1.75 bits per heavy atom. The molecule has 120 valence electrons. The van der Waals surface area contributed by atoms with Crippen LogP contribution < -0.4 is 0 Å². The second-order valence-electron chi connectivity index (χ2n) is 4.22. The van der Waals surface area contributed by atoms with Crippen LogP contribution in [-0.2, 0) is 4.79 Å². The highest BCUT2D eigenvalue weighted by Crippen LogP contribution is 2.42. The van der Waals surface area contributed by atoms with Crippen LogP contribution in [0.2, 0.25) is 0 Å². The van der Waals surface area contributed by atoms with Gasteiger partial charge in [0.2, 0.25) is 0 Å². The second-order valence-corrected chi connectivity index (χ2v) is 4.22. The molecular weight excluding hydrogens is 291 g/mol. The number of carbonyl (C=O) groups is 1. The quantitative estimate of drug-likeness (QED) is 0.550. The third-order valence-corrected chi connectivity index (χ3v) is 2.13. The molecule has 0 aromatic heterocycles. The standard InChI is InChI=1S/C6H9F5O2.C5H8O2/c1-3(4(13)2-12)5(7,8)6(9,10)11;1-4(2)3-5(6)7/h3-4,12-13H,2H2,1H3;3H,1-2H3,(H,6,7). The van der Waals surface area contributed by atoms with Crippen molar-refractivity contribution >= 4 is 5.97 Å². The van der Waals surface area contributed by atoms with Crippen molar-refractivity contribution in [2.45, 2.75) is 39.0 Å². The highest BCUT2D eigenvalue weighted by atomic mass is 19.4. The van der Waals surface area contributed by atoms with Crippen molar-refractivity contribution in [2.24, 2.45) is 5.92 Å². The summed E-state index contributed by atoms with van der Waals surface area (Å²) in [6.07, 6.45) is -6.63. The van der Waals surface area contributed by atoms with E-state index in [4.69, 9.17) is 15.3 Å². The van der Waals surface area contributed by atoms with Crippen LogP contribution in [0, 0.1) is 5.92 Å². The van der Waals surface area contributed by atoms with Crippen LogP contribution in [0.5, 0.6) is 0 Å². The van der Waals surface area contributed by atoms with Crippen LogP contribution in [0.25, 0.3) is 0 Å². The summed E-state index contributed by atoms with van der Waals surface area (Å²) < 4.78 is 59.6. The summed E-state index contributed by atoms with van der Waals surface area (Å²) in [6.45, 7) is 2.88. The zero-order valence-electron chi connectivity index (χ0n) is 11.1. The van der Waals surface area contributed by atoms with Gasteiger partial charge in [-0.25, -0.2) is 4.79 Å². The third kappa shape index (κ3) is 7.39. The molecular formula is C11H17F5O4. The van der Waals surface area contributed by atoms with E-state index in [1.54, 1.807) is 13.8 Å². The van der Waals surface area contributed by atoms with Crippen molar-refractivity contribution in [3.05, 3.63) is 11.6 Å². The fourth-order valence-corrected chi connectivity index (χ4v) is 0.905. The molecule has 0 spiro atoms. The maximum atomic E-state index is 12.4. The monoisotopic (exact) mass is 308 g/mol. The fourth-order valence-electron chi connectivity index (χ4n) is 0.905. The van der Waals surface area contributed by atoms with E-state index in [1.807, 2.05) is 0 Å². The highest BCUT2D eigenvalue weighted by Gasteiger charge is 2.62. The molecule has 3 N–H and O–H groups in total. The summed E-state index contributed by atoms with van der Waals surface area (Å²) in [5, 5.41) is 24.8. The molecule has 0 bridgehead atoms. The largest absolute Gasteiger partial charge is 0.478 e. The molecule has 0 saturated carbocycles. The molecule has 0 aliphatic rings. The molecule has 0 radical (unpaired) electrons. The lowest BCUT2D eigenvalue weighted by Crippen LogP contribution is -2.47. The summed E-state index contributed by atoms with van der Waals surface area (Å²) in [5.41, 5.74) is 0.813. The first-order valence-corrected chi connectivity index (χ1v) is 5.38. The molecule has 0 rings (SSSR count). The average molecular weight is 308 g/mol. The zero-order valence-corrected chi connectivity index (χ0v) is 11.1. The van der Waals surface area contributed by atoms with E-state index in [2.05, 4.69) is 0 Å². The van der Waals surface area contributed by atoms with E-state index in [9.17, 15) is 26.7 Å². The smallest absolute Gasteiger partial charge is 0.453 e. The summed E-state index contributed by atoms with van der Waals surface area (Å²) in [5.74, 6) is -8.23.